The smallest absolute Gasteiger partial charge is 0.359 e. The van der Waals surface area contributed by atoms with E-state index in [2.05, 4.69) is 10.4 Å². The van der Waals surface area contributed by atoms with Gasteiger partial charge >= 0.3 is 5.97 Å². The molecule has 4 aromatic rings. The highest BCUT2D eigenvalue weighted by Gasteiger charge is 2.23. The van der Waals surface area contributed by atoms with Crippen LogP contribution in [0.2, 0.25) is 5.02 Å². The van der Waals surface area contributed by atoms with Crippen molar-refractivity contribution in [2.24, 2.45) is 0 Å². The summed E-state index contributed by atoms with van der Waals surface area (Å²) in [5.74, 6) is -0.847. The largest absolute Gasteiger partial charge is 0.461 e. The van der Waals surface area contributed by atoms with E-state index >= 15 is 0 Å². The van der Waals surface area contributed by atoms with Crippen LogP contribution in [-0.2, 0) is 16.0 Å². The summed E-state index contributed by atoms with van der Waals surface area (Å²) in [7, 11) is 0. The zero-order valence-corrected chi connectivity index (χ0v) is 20.0. The van der Waals surface area contributed by atoms with Crippen molar-refractivity contribution < 1.29 is 14.3 Å². The number of carbonyl (C=O) groups is 2. The van der Waals surface area contributed by atoms with E-state index in [1.54, 1.807) is 36.6 Å². The van der Waals surface area contributed by atoms with Gasteiger partial charge in [-0.25, -0.2) is 4.79 Å². The molecule has 1 amide bonds. The Kier molecular flexibility index (Phi) is 7.40. The molecule has 2 heterocycles. The van der Waals surface area contributed by atoms with Crippen molar-refractivity contribution in [2.75, 3.05) is 11.9 Å². The predicted molar refractivity (Wildman–Crippen MR) is 134 cm³/mol. The summed E-state index contributed by atoms with van der Waals surface area (Å²) in [6, 6.07) is 16.4. The first kappa shape index (κ1) is 23.7. The van der Waals surface area contributed by atoms with Gasteiger partial charge in [0.15, 0.2) is 5.69 Å². The number of nitrogens with zero attached hydrogens (tertiary/aromatic N) is 2. The topological polar surface area (TPSA) is 90.3 Å². The number of anilines is 1. The lowest BCUT2D eigenvalue weighted by Crippen LogP contribution is -2.25. The van der Waals surface area contributed by atoms with Crippen molar-refractivity contribution in [3.8, 4) is 5.69 Å². The molecule has 0 saturated heterocycles. The summed E-state index contributed by atoms with van der Waals surface area (Å²) < 4.78 is 6.28. The van der Waals surface area contributed by atoms with Gasteiger partial charge in [-0.3, -0.25) is 9.59 Å². The van der Waals surface area contributed by atoms with Crippen LogP contribution < -0.4 is 10.9 Å². The van der Waals surface area contributed by atoms with Crippen LogP contribution in [0.25, 0.3) is 16.5 Å². The Bertz CT molecular complexity index is 1380. The molecule has 2 aromatic carbocycles. The van der Waals surface area contributed by atoms with Crippen molar-refractivity contribution in [2.45, 2.75) is 26.2 Å². The van der Waals surface area contributed by atoms with Gasteiger partial charge < -0.3 is 10.1 Å². The zero-order valence-electron chi connectivity index (χ0n) is 18.4. The molecule has 174 valence electrons. The molecular weight excluding hydrogens is 474 g/mol. The van der Waals surface area contributed by atoms with E-state index in [4.69, 9.17) is 16.3 Å². The molecule has 1 N–H and O–H groups in total. The van der Waals surface area contributed by atoms with E-state index in [0.29, 0.717) is 33.9 Å². The maximum atomic E-state index is 13.4. The molecule has 0 aliphatic rings. The lowest BCUT2D eigenvalue weighted by Gasteiger charge is -2.10. The van der Waals surface area contributed by atoms with E-state index in [9.17, 15) is 14.4 Å². The number of ether oxygens (including phenoxy) is 1. The summed E-state index contributed by atoms with van der Waals surface area (Å²) in [6.07, 6.45) is 1.75. The minimum atomic E-state index is -0.645. The molecule has 0 radical (unpaired) electrons. The lowest BCUT2D eigenvalue weighted by atomic mass is 10.1. The third kappa shape index (κ3) is 5.18. The number of fused-ring (bicyclic) bond motifs is 1. The molecule has 0 saturated carbocycles. The average molecular weight is 496 g/mol. The average Bonchev–Trinajstić information content (AvgIpc) is 3.25. The van der Waals surface area contributed by atoms with Crippen LogP contribution in [0, 0.1) is 0 Å². The summed E-state index contributed by atoms with van der Waals surface area (Å²) in [5, 5.41) is 10.2. The zero-order chi connectivity index (χ0) is 24.1. The highest BCUT2D eigenvalue weighted by atomic mass is 35.5. The van der Waals surface area contributed by atoms with Gasteiger partial charge in [0, 0.05) is 22.2 Å². The molecule has 0 spiro atoms. The summed E-state index contributed by atoms with van der Waals surface area (Å²) >= 11 is 7.15. The number of carbonyl (C=O) groups excluding carboxylic acids is 2. The third-order valence-electron chi connectivity index (χ3n) is 5.16. The minimum Gasteiger partial charge on any atom is -0.461 e. The van der Waals surface area contributed by atoms with Crippen molar-refractivity contribution in [1.82, 2.24) is 9.78 Å². The fourth-order valence-corrected chi connectivity index (χ4v) is 4.62. The standard InChI is InChI=1S/C25H22ClN3O4S/c1-2-33-25(32)22-19-15-34-23(27-20(30)10-6-9-16-7-4-3-5-8-16)21(19)24(31)29(28-22)18-13-11-17(26)12-14-18/h3-5,7-8,11-15H,2,6,9-10H2,1H3,(H,27,30). The molecule has 2 aromatic heterocycles. The second-order valence-corrected chi connectivity index (χ2v) is 8.82. The van der Waals surface area contributed by atoms with Crippen molar-refractivity contribution in [3.63, 3.8) is 0 Å². The van der Waals surface area contributed by atoms with Gasteiger partial charge in [-0.05, 0) is 49.6 Å². The Morgan fingerprint density at radius 1 is 1.12 bits per heavy atom. The highest BCUT2D eigenvalue weighted by molar-refractivity contribution is 7.16. The molecule has 9 heteroatoms. The Morgan fingerprint density at radius 3 is 2.56 bits per heavy atom. The summed E-state index contributed by atoms with van der Waals surface area (Å²) in [4.78, 5) is 38.6. The van der Waals surface area contributed by atoms with Gasteiger partial charge in [0.05, 0.1) is 17.7 Å². The van der Waals surface area contributed by atoms with Crippen molar-refractivity contribution in [1.29, 1.82) is 0 Å². The maximum absolute atomic E-state index is 13.4. The Hall–Kier alpha value is -3.49. The molecule has 0 unspecified atom stereocenters. The Morgan fingerprint density at radius 2 is 1.85 bits per heavy atom. The second-order valence-electron chi connectivity index (χ2n) is 7.50. The van der Waals surface area contributed by atoms with Gasteiger partial charge in [0.1, 0.15) is 5.00 Å². The molecule has 0 aliphatic carbocycles. The Labute approximate surface area is 204 Å². The number of thiophene rings is 1. The van der Waals surface area contributed by atoms with Crippen LogP contribution in [0.1, 0.15) is 35.8 Å². The predicted octanol–water partition coefficient (Wildman–Crippen LogP) is 5.24. The van der Waals surface area contributed by atoms with Gasteiger partial charge in [-0.15, -0.1) is 11.3 Å². The molecule has 0 atom stereocenters. The second kappa shape index (κ2) is 10.6. The van der Waals surface area contributed by atoms with Gasteiger partial charge in [0.25, 0.3) is 5.56 Å². The minimum absolute atomic E-state index is 0.00669. The number of hydrogen-bond donors (Lipinski definition) is 1. The number of benzene rings is 2. The van der Waals surface area contributed by atoms with Crippen molar-refractivity contribution >= 4 is 50.6 Å². The van der Waals surface area contributed by atoms with E-state index in [-0.39, 0.29) is 23.6 Å². The first-order valence-corrected chi connectivity index (χ1v) is 12.0. The highest BCUT2D eigenvalue weighted by Crippen LogP contribution is 2.31. The quantitative estimate of drug-likeness (QED) is 0.338. The molecule has 7 nitrogen and oxygen atoms in total. The molecule has 34 heavy (non-hydrogen) atoms. The molecular formula is C25H22ClN3O4S. The molecule has 0 bridgehead atoms. The van der Waals surface area contributed by atoms with E-state index in [0.717, 1.165) is 16.7 Å². The number of nitrogens with one attached hydrogen (secondary N) is 1. The van der Waals surface area contributed by atoms with E-state index in [1.807, 2.05) is 30.3 Å². The number of halogens is 1. The number of hydrogen-bond acceptors (Lipinski definition) is 6. The normalized spacial score (nSPS) is 10.9. The number of amides is 1. The fourth-order valence-electron chi connectivity index (χ4n) is 3.54. The van der Waals surface area contributed by atoms with E-state index in [1.165, 1.54) is 11.3 Å². The maximum Gasteiger partial charge on any atom is 0.359 e. The van der Waals surface area contributed by atoms with Gasteiger partial charge in [-0.2, -0.15) is 9.78 Å². The molecule has 0 aliphatic heterocycles. The van der Waals surface area contributed by atoms with Crippen molar-refractivity contribution in [3.05, 3.63) is 86.6 Å². The van der Waals surface area contributed by atoms with Crippen LogP contribution in [0.3, 0.4) is 0 Å². The fraction of sp³-hybridized carbons (Fsp3) is 0.200. The van der Waals surface area contributed by atoms with E-state index < -0.39 is 11.5 Å². The van der Waals surface area contributed by atoms with Crippen LogP contribution in [0.5, 0.6) is 0 Å². The summed E-state index contributed by atoms with van der Waals surface area (Å²) in [5.41, 5.74) is 1.15. The number of esters is 1. The lowest BCUT2D eigenvalue weighted by molar-refractivity contribution is -0.116. The molecule has 0 fully saturated rings. The summed E-state index contributed by atoms with van der Waals surface area (Å²) in [6.45, 7) is 1.86. The number of rotatable bonds is 8. The van der Waals surface area contributed by atoms with Crippen LogP contribution >= 0.6 is 22.9 Å². The first-order valence-electron chi connectivity index (χ1n) is 10.8. The number of aryl methyl sites for hydroxylation is 1. The molecule has 4 rings (SSSR count). The Balaban J connectivity index is 1.66. The number of aromatic nitrogens is 2. The van der Waals surface area contributed by atoms with Crippen LogP contribution in [0.15, 0.2) is 64.8 Å². The third-order valence-corrected chi connectivity index (χ3v) is 6.30. The monoisotopic (exact) mass is 495 g/mol. The first-order chi connectivity index (χ1) is 16.5. The van der Waals surface area contributed by atoms with Crippen LogP contribution in [-0.4, -0.2) is 28.3 Å². The van der Waals surface area contributed by atoms with Gasteiger partial charge in [-0.1, -0.05) is 41.9 Å². The van der Waals surface area contributed by atoms with Gasteiger partial charge in [0.2, 0.25) is 5.91 Å². The van der Waals surface area contributed by atoms with Crippen LogP contribution in [0.4, 0.5) is 5.00 Å². The SMILES string of the molecule is CCOC(=O)c1nn(-c2ccc(Cl)cc2)c(=O)c2c(NC(=O)CCCc3ccccc3)scc12.